The van der Waals surface area contributed by atoms with E-state index < -0.39 is 5.82 Å². The first kappa shape index (κ1) is 23.0. The number of anilines is 1. The van der Waals surface area contributed by atoms with Gasteiger partial charge in [-0.2, -0.15) is 0 Å². The van der Waals surface area contributed by atoms with Gasteiger partial charge < -0.3 is 14.7 Å². The van der Waals surface area contributed by atoms with Gasteiger partial charge in [-0.15, -0.1) is 0 Å². The summed E-state index contributed by atoms with van der Waals surface area (Å²) in [7, 11) is 0. The smallest absolute Gasteiger partial charge is 0.175 e. The van der Waals surface area contributed by atoms with Gasteiger partial charge in [0, 0.05) is 17.7 Å². The average Bonchev–Trinajstić information content (AvgIpc) is 3.10. The lowest BCUT2D eigenvalue weighted by Crippen LogP contribution is -2.46. The maximum Gasteiger partial charge on any atom is 0.175 e. The fraction of sp³-hybridized carbons (Fsp3) is 0.393. The molecule has 6 nitrogen and oxygen atoms in total. The molecule has 0 amide bonds. The van der Waals surface area contributed by atoms with E-state index in [1.165, 1.54) is 12.1 Å². The zero-order valence-electron chi connectivity index (χ0n) is 20.6. The first-order valence-electron chi connectivity index (χ1n) is 12.5. The summed E-state index contributed by atoms with van der Waals surface area (Å²) in [6.07, 6.45) is 4.03. The van der Waals surface area contributed by atoms with Crippen LogP contribution in [0.3, 0.4) is 0 Å². The number of fused-ring (bicyclic) bond motifs is 4. The van der Waals surface area contributed by atoms with Crippen molar-refractivity contribution >= 4 is 27.5 Å². The Labute approximate surface area is 208 Å². The summed E-state index contributed by atoms with van der Waals surface area (Å²) >= 11 is 0. The van der Waals surface area contributed by atoms with E-state index in [0.29, 0.717) is 58.6 Å². The molecule has 2 aliphatic heterocycles. The van der Waals surface area contributed by atoms with Crippen LogP contribution in [0.4, 0.5) is 14.6 Å². The number of morpholine rings is 1. The number of phenols is 1. The molecule has 2 aromatic carbocycles. The number of aromatic nitrogens is 3. The van der Waals surface area contributed by atoms with Crippen molar-refractivity contribution < 1.29 is 18.6 Å². The molecular formula is C28H28F2N4O2. The molecule has 8 heteroatoms. The summed E-state index contributed by atoms with van der Waals surface area (Å²) in [4.78, 5) is 16.3. The Hall–Kier alpha value is -3.39. The van der Waals surface area contributed by atoms with E-state index in [1.54, 1.807) is 18.3 Å². The minimum absolute atomic E-state index is 0.00903. The summed E-state index contributed by atoms with van der Waals surface area (Å²) in [5, 5.41) is 12.1. The predicted octanol–water partition coefficient (Wildman–Crippen LogP) is 5.88. The molecule has 2 fully saturated rings. The monoisotopic (exact) mass is 490 g/mol. The number of phenolic OH excluding ortho intramolecular Hbond substituents is 1. The van der Waals surface area contributed by atoms with Crippen LogP contribution in [0.15, 0.2) is 30.5 Å². The highest BCUT2D eigenvalue weighted by Gasteiger charge is 2.39. The van der Waals surface area contributed by atoms with Crippen LogP contribution in [0.5, 0.6) is 5.75 Å². The summed E-state index contributed by atoms with van der Waals surface area (Å²) in [5.74, 6) is 0.234. The van der Waals surface area contributed by atoms with Crippen molar-refractivity contribution in [2.75, 3.05) is 18.1 Å². The van der Waals surface area contributed by atoms with E-state index in [-0.39, 0.29) is 40.8 Å². The second-order valence-electron chi connectivity index (χ2n) is 10.0. The maximum absolute atomic E-state index is 16.4. The van der Waals surface area contributed by atoms with Gasteiger partial charge in [-0.25, -0.2) is 18.7 Å². The third kappa shape index (κ3) is 3.50. The van der Waals surface area contributed by atoms with Gasteiger partial charge in [-0.05, 0) is 53.8 Å². The number of pyridine rings is 1. The van der Waals surface area contributed by atoms with Crippen LogP contribution in [0.25, 0.3) is 32.9 Å². The van der Waals surface area contributed by atoms with Gasteiger partial charge in [0.1, 0.15) is 34.4 Å². The van der Waals surface area contributed by atoms with Crippen LogP contribution in [0.2, 0.25) is 0 Å². The lowest BCUT2D eigenvalue weighted by molar-refractivity contribution is 0.0903. The van der Waals surface area contributed by atoms with Gasteiger partial charge in [0.25, 0.3) is 0 Å². The fourth-order valence-electron chi connectivity index (χ4n) is 5.71. The highest BCUT2D eigenvalue weighted by molar-refractivity contribution is 6.01. The topological polar surface area (TPSA) is 71.4 Å². The molecule has 0 aliphatic carbocycles. The number of hydrogen-bond donors (Lipinski definition) is 1. The SMILES string of the molecule is CCc1c(F)ccc2cc(O)cc(-c3ncc4c(N5C6CCC5COC6)nc(C(C)C)nc4c3F)c12. The van der Waals surface area contributed by atoms with Crippen molar-refractivity contribution in [3.8, 4) is 17.0 Å². The molecule has 2 saturated heterocycles. The van der Waals surface area contributed by atoms with E-state index in [9.17, 15) is 9.50 Å². The minimum atomic E-state index is -0.600. The van der Waals surface area contributed by atoms with Crippen LogP contribution in [0.1, 0.15) is 50.9 Å². The first-order valence-corrected chi connectivity index (χ1v) is 12.5. The standard InChI is InChI=1S/C28H28F2N4O2/c1-4-19-22(29)8-5-15-9-18(35)10-20(23(15)19)25-24(30)26-21(11-31-25)28(33-27(32-26)14(2)3)34-16-6-7-17(34)13-36-12-16/h5,8-11,14,16-17,35H,4,6-7,12-13H2,1-3H3. The number of ether oxygens (including phenoxy) is 1. The van der Waals surface area contributed by atoms with E-state index in [1.807, 2.05) is 20.8 Å². The molecule has 2 atom stereocenters. The zero-order valence-corrected chi connectivity index (χ0v) is 20.6. The Balaban J connectivity index is 1.63. The number of halogens is 2. The van der Waals surface area contributed by atoms with Gasteiger partial charge in [0.2, 0.25) is 0 Å². The van der Waals surface area contributed by atoms with Gasteiger partial charge >= 0.3 is 0 Å². The number of hydrogen-bond acceptors (Lipinski definition) is 6. The van der Waals surface area contributed by atoms with Crippen LogP contribution >= 0.6 is 0 Å². The third-order valence-corrected chi connectivity index (χ3v) is 7.44. The highest BCUT2D eigenvalue weighted by Crippen LogP contribution is 2.41. The van der Waals surface area contributed by atoms with Crippen molar-refractivity contribution in [2.24, 2.45) is 0 Å². The summed E-state index contributed by atoms with van der Waals surface area (Å²) in [6.45, 7) is 7.06. The summed E-state index contributed by atoms with van der Waals surface area (Å²) in [5.41, 5.74) is 1.02. The van der Waals surface area contributed by atoms with Crippen molar-refractivity contribution in [1.82, 2.24) is 15.0 Å². The van der Waals surface area contributed by atoms with Crippen LogP contribution in [-0.2, 0) is 11.2 Å². The first-order chi connectivity index (χ1) is 17.4. The summed E-state index contributed by atoms with van der Waals surface area (Å²) in [6, 6.07) is 6.36. The number of nitrogens with zero attached hydrogens (tertiary/aromatic N) is 4. The van der Waals surface area contributed by atoms with E-state index in [2.05, 4.69) is 14.9 Å². The van der Waals surface area contributed by atoms with E-state index in [0.717, 1.165) is 12.8 Å². The molecular weight excluding hydrogens is 462 g/mol. The Kier molecular flexibility index (Phi) is 5.52. The molecule has 2 aliphatic rings. The van der Waals surface area contributed by atoms with Crippen LogP contribution in [0, 0.1) is 11.6 Å². The second-order valence-corrected chi connectivity index (χ2v) is 10.0. The molecule has 2 bridgehead atoms. The quantitative estimate of drug-likeness (QED) is 0.385. The molecule has 0 spiro atoms. The molecule has 4 aromatic rings. The molecule has 36 heavy (non-hydrogen) atoms. The van der Waals surface area contributed by atoms with Gasteiger partial charge in [-0.1, -0.05) is 26.8 Å². The summed E-state index contributed by atoms with van der Waals surface area (Å²) < 4.78 is 36.9. The number of benzene rings is 2. The second kappa shape index (κ2) is 8.62. The third-order valence-electron chi connectivity index (χ3n) is 7.44. The largest absolute Gasteiger partial charge is 0.508 e. The minimum Gasteiger partial charge on any atom is -0.508 e. The van der Waals surface area contributed by atoms with Crippen molar-refractivity contribution in [2.45, 2.75) is 58.0 Å². The average molecular weight is 491 g/mol. The van der Waals surface area contributed by atoms with Gasteiger partial charge in [0.15, 0.2) is 5.82 Å². The van der Waals surface area contributed by atoms with Crippen LogP contribution in [-0.4, -0.2) is 45.4 Å². The number of rotatable bonds is 4. The van der Waals surface area contributed by atoms with E-state index >= 15 is 4.39 Å². The molecule has 4 heterocycles. The molecule has 6 rings (SSSR count). The van der Waals surface area contributed by atoms with Crippen molar-refractivity contribution in [3.05, 3.63) is 53.5 Å². The lowest BCUT2D eigenvalue weighted by Gasteiger charge is -2.36. The lowest BCUT2D eigenvalue weighted by atomic mass is 9.94. The number of aromatic hydroxyl groups is 1. The van der Waals surface area contributed by atoms with Gasteiger partial charge in [-0.3, -0.25) is 4.98 Å². The molecule has 2 aromatic heterocycles. The molecule has 0 saturated carbocycles. The Bertz CT molecular complexity index is 1490. The molecule has 2 unspecified atom stereocenters. The highest BCUT2D eigenvalue weighted by atomic mass is 19.1. The Morgan fingerprint density at radius 2 is 1.86 bits per heavy atom. The van der Waals surface area contributed by atoms with Crippen LogP contribution < -0.4 is 4.90 Å². The normalized spacial score (nSPS) is 19.7. The Morgan fingerprint density at radius 1 is 1.11 bits per heavy atom. The number of aryl methyl sites for hydroxylation is 1. The molecule has 1 N–H and O–H groups in total. The molecule has 0 radical (unpaired) electrons. The maximum atomic E-state index is 16.4. The van der Waals surface area contributed by atoms with Crippen molar-refractivity contribution in [1.29, 1.82) is 0 Å². The Morgan fingerprint density at radius 3 is 2.56 bits per heavy atom. The fourth-order valence-corrected chi connectivity index (χ4v) is 5.71. The molecule has 186 valence electrons. The predicted molar refractivity (Wildman–Crippen MR) is 135 cm³/mol. The zero-order chi connectivity index (χ0) is 25.1. The van der Waals surface area contributed by atoms with Crippen molar-refractivity contribution in [3.63, 3.8) is 0 Å². The van der Waals surface area contributed by atoms with E-state index in [4.69, 9.17) is 9.72 Å². The van der Waals surface area contributed by atoms with Gasteiger partial charge in [0.05, 0.1) is 30.7 Å².